The number of hydrogen-bond acceptors (Lipinski definition) is 5. The predicted molar refractivity (Wildman–Crippen MR) is 111 cm³/mol. The van der Waals surface area contributed by atoms with E-state index in [1.165, 1.54) is 25.1 Å². The van der Waals surface area contributed by atoms with Crippen molar-refractivity contribution in [2.24, 2.45) is 0 Å². The Kier molecular flexibility index (Phi) is 4.74. The highest BCUT2D eigenvalue weighted by atomic mass is 19.3. The number of hydrogen-bond donors (Lipinski definition) is 1. The van der Waals surface area contributed by atoms with Gasteiger partial charge in [-0.25, -0.2) is 29.8 Å². The van der Waals surface area contributed by atoms with Gasteiger partial charge in [0.1, 0.15) is 6.04 Å². The van der Waals surface area contributed by atoms with E-state index < -0.39 is 35.4 Å². The highest BCUT2D eigenvalue weighted by molar-refractivity contribution is 5.93. The number of imidazole rings is 1. The van der Waals surface area contributed by atoms with Crippen LogP contribution in [0.4, 0.5) is 8.78 Å². The Morgan fingerprint density at radius 2 is 2.21 bits per heavy atom. The minimum absolute atomic E-state index is 0.224. The second-order valence-electron chi connectivity index (χ2n) is 8.26. The lowest BCUT2D eigenvalue weighted by molar-refractivity contribution is 0.0636. The van der Waals surface area contributed by atoms with Gasteiger partial charge in [0.05, 0.1) is 23.2 Å². The number of pyridine rings is 1. The molecule has 1 amide bonds. The third-order valence-electron chi connectivity index (χ3n) is 5.71. The van der Waals surface area contributed by atoms with Gasteiger partial charge in [0, 0.05) is 38.7 Å². The first-order valence-corrected chi connectivity index (χ1v) is 10.3. The van der Waals surface area contributed by atoms with Crippen molar-refractivity contribution >= 4 is 11.4 Å². The molecule has 5 heterocycles. The SMILES string of the molecule is [C-]#[N+]C(C)(C)c1nc(C(F)F)c(C(=O)N2CCc3[nH]cnc3[C@H]2c2cc3ccccn3n2)o1. The number of carbonyl (C=O) groups excluding carboxylic acids is 1. The number of aromatic amines is 1. The van der Waals surface area contributed by atoms with E-state index >= 15 is 0 Å². The first-order valence-electron chi connectivity index (χ1n) is 10.3. The first-order chi connectivity index (χ1) is 15.8. The van der Waals surface area contributed by atoms with Crippen molar-refractivity contribution in [3.63, 3.8) is 0 Å². The number of nitrogens with one attached hydrogen (secondary N) is 1. The summed E-state index contributed by atoms with van der Waals surface area (Å²) in [7, 11) is 0. The topological polar surface area (TPSA) is 96.7 Å². The molecule has 0 aliphatic carbocycles. The molecular weight excluding hydrogens is 432 g/mol. The maximum atomic E-state index is 13.8. The minimum Gasteiger partial charge on any atom is -0.428 e. The maximum absolute atomic E-state index is 13.8. The fourth-order valence-electron chi connectivity index (χ4n) is 3.96. The third kappa shape index (κ3) is 3.34. The number of aromatic nitrogens is 5. The molecule has 0 saturated carbocycles. The summed E-state index contributed by atoms with van der Waals surface area (Å²) < 4.78 is 34.8. The summed E-state index contributed by atoms with van der Waals surface area (Å²) in [6, 6.07) is 6.70. The zero-order valence-corrected chi connectivity index (χ0v) is 17.8. The molecule has 0 fully saturated rings. The van der Waals surface area contributed by atoms with Crippen LogP contribution in [0.2, 0.25) is 0 Å². The number of rotatable bonds is 4. The standard InChI is InChI=1S/C22H19F2N7O2/c1-22(2,25-3)21-28-16(19(23)24)18(33-21)20(32)30-9-7-13-15(27-11-26-13)17(30)14-10-12-6-4-5-8-31(12)29-14/h4-6,8,10-11,17,19H,7,9H2,1-2H3,(H,26,27)/t17-/m1/s1. The van der Waals surface area contributed by atoms with Crippen LogP contribution in [0.5, 0.6) is 0 Å². The smallest absolute Gasteiger partial charge is 0.301 e. The van der Waals surface area contributed by atoms with E-state index in [0.717, 1.165) is 11.2 Å². The summed E-state index contributed by atoms with van der Waals surface area (Å²) in [5, 5.41) is 4.59. The van der Waals surface area contributed by atoms with Crippen LogP contribution >= 0.6 is 0 Å². The zero-order valence-electron chi connectivity index (χ0n) is 17.8. The van der Waals surface area contributed by atoms with E-state index in [2.05, 4.69) is 24.9 Å². The monoisotopic (exact) mass is 451 g/mol. The minimum atomic E-state index is -3.04. The molecule has 4 aromatic rings. The Hall–Kier alpha value is -4.07. The van der Waals surface area contributed by atoms with Crippen LogP contribution in [-0.4, -0.2) is 41.9 Å². The number of nitrogens with zero attached hydrogens (tertiary/aromatic N) is 6. The lowest BCUT2D eigenvalue weighted by Crippen LogP contribution is -2.41. The summed E-state index contributed by atoms with van der Waals surface area (Å²) in [5.41, 5.74) is 0.744. The van der Waals surface area contributed by atoms with Crippen molar-refractivity contribution in [3.8, 4) is 0 Å². The molecule has 1 N–H and O–H groups in total. The van der Waals surface area contributed by atoms with Crippen LogP contribution in [0.3, 0.4) is 0 Å². The molecule has 9 nitrogen and oxygen atoms in total. The van der Waals surface area contributed by atoms with Crippen LogP contribution in [0.25, 0.3) is 10.4 Å². The van der Waals surface area contributed by atoms with E-state index in [1.807, 2.05) is 24.3 Å². The number of amides is 1. The van der Waals surface area contributed by atoms with Gasteiger partial charge in [-0.2, -0.15) is 5.10 Å². The summed E-state index contributed by atoms with van der Waals surface area (Å²) in [6.07, 6.45) is 0.742. The van der Waals surface area contributed by atoms with E-state index in [1.54, 1.807) is 10.7 Å². The summed E-state index contributed by atoms with van der Waals surface area (Å²) >= 11 is 0. The van der Waals surface area contributed by atoms with Crippen LogP contribution in [0.1, 0.15) is 65.5 Å². The van der Waals surface area contributed by atoms with Gasteiger partial charge in [0.25, 0.3) is 18.2 Å². The molecule has 0 unspecified atom stereocenters. The van der Waals surface area contributed by atoms with Crippen LogP contribution in [-0.2, 0) is 12.0 Å². The Labute approximate surface area is 186 Å². The number of oxazole rings is 1. The Balaban J connectivity index is 1.62. The van der Waals surface area contributed by atoms with Crippen LogP contribution in [0.15, 0.2) is 41.2 Å². The molecule has 0 aromatic carbocycles. The summed E-state index contributed by atoms with van der Waals surface area (Å²) in [5.74, 6) is -1.54. The highest BCUT2D eigenvalue weighted by Crippen LogP contribution is 2.37. The maximum Gasteiger partial charge on any atom is 0.301 e. The molecule has 1 aliphatic heterocycles. The molecule has 4 aromatic heterocycles. The summed E-state index contributed by atoms with van der Waals surface area (Å²) in [4.78, 5) is 29.7. The van der Waals surface area contributed by atoms with E-state index in [4.69, 9.17) is 11.0 Å². The first kappa shape index (κ1) is 20.8. The molecule has 0 bridgehead atoms. The molecule has 33 heavy (non-hydrogen) atoms. The predicted octanol–water partition coefficient (Wildman–Crippen LogP) is 3.93. The number of fused-ring (bicyclic) bond motifs is 2. The number of H-pyrrole nitrogens is 1. The molecule has 1 atom stereocenters. The number of carbonyl (C=O) groups is 1. The van der Waals surface area contributed by atoms with Crippen molar-refractivity contribution in [2.45, 2.75) is 38.3 Å². The molecular formula is C22H19F2N7O2. The van der Waals surface area contributed by atoms with Crippen molar-refractivity contribution < 1.29 is 18.0 Å². The Morgan fingerprint density at radius 3 is 2.94 bits per heavy atom. The average Bonchev–Trinajstić information content (AvgIpc) is 3.55. The van der Waals surface area contributed by atoms with Crippen molar-refractivity contribution in [1.29, 1.82) is 0 Å². The fraction of sp³-hybridized carbons (Fsp3) is 0.318. The molecule has 0 saturated heterocycles. The van der Waals surface area contributed by atoms with Crippen LogP contribution in [0, 0.1) is 6.57 Å². The van der Waals surface area contributed by atoms with Crippen LogP contribution < -0.4 is 0 Å². The normalized spacial score (nSPS) is 16.2. The Bertz CT molecular complexity index is 1360. The van der Waals surface area contributed by atoms with Gasteiger partial charge in [-0.3, -0.25) is 4.79 Å². The van der Waals surface area contributed by atoms with Gasteiger partial charge < -0.3 is 19.1 Å². The second-order valence-corrected chi connectivity index (χ2v) is 8.26. The lowest BCUT2D eigenvalue weighted by Gasteiger charge is -2.33. The van der Waals surface area contributed by atoms with Gasteiger partial charge in [-0.1, -0.05) is 6.07 Å². The summed E-state index contributed by atoms with van der Waals surface area (Å²) in [6.45, 7) is 10.5. The number of halogens is 2. The van der Waals surface area contributed by atoms with E-state index in [-0.39, 0.29) is 12.4 Å². The lowest BCUT2D eigenvalue weighted by atomic mass is 9.99. The fourth-order valence-corrected chi connectivity index (χ4v) is 3.96. The molecule has 168 valence electrons. The van der Waals surface area contributed by atoms with Gasteiger partial charge >= 0.3 is 5.54 Å². The van der Waals surface area contributed by atoms with Crippen molar-refractivity contribution in [3.05, 3.63) is 82.6 Å². The van der Waals surface area contributed by atoms with Crippen molar-refractivity contribution in [2.75, 3.05) is 6.54 Å². The largest absolute Gasteiger partial charge is 0.428 e. The molecule has 11 heteroatoms. The van der Waals surface area contributed by atoms with Crippen molar-refractivity contribution in [1.82, 2.24) is 29.5 Å². The Morgan fingerprint density at radius 1 is 1.39 bits per heavy atom. The second kappa shape index (κ2) is 7.51. The molecule has 1 aliphatic rings. The molecule has 0 radical (unpaired) electrons. The van der Waals surface area contributed by atoms with Gasteiger partial charge in [-0.15, -0.1) is 0 Å². The average molecular weight is 451 g/mol. The number of alkyl halides is 2. The zero-order chi connectivity index (χ0) is 23.3. The molecule has 0 spiro atoms. The molecule has 5 rings (SSSR count). The quantitative estimate of drug-likeness (QED) is 0.475. The van der Waals surface area contributed by atoms with Gasteiger partial charge in [-0.05, 0) is 18.2 Å². The van der Waals surface area contributed by atoms with Gasteiger partial charge in [0.15, 0.2) is 5.69 Å². The van der Waals surface area contributed by atoms with E-state index in [9.17, 15) is 13.6 Å². The highest BCUT2D eigenvalue weighted by Gasteiger charge is 2.42. The third-order valence-corrected chi connectivity index (χ3v) is 5.71. The van der Waals surface area contributed by atoms with Gasteiger partial charge in [0.2, 0.25) is 5.76 Å². The van der Waals surface area contributed by atoms with E-state index in [0.29, 0.717) is 17.8 Å².